The fraction of sp³-hybridized carbons (Fsp3) is 0.389. The number of hydrogen-bond donors (Lipinski definition) is 1. The molecule has 0 spiro atoms. The van der Waals surface area contributed by atoms with Gasteiger partial charge in [-0.05, 0) is 38.8 Å². The fourth-order valence-electron chi connectivity index (χ4n) is 2.64. The van der Waals surface area contributed by atoms with Crippen molar-refractivity contribution in [3.63, 3.8) is 0 Å². The van der Waals surface area contributed by atoms with Crippen LogP contribution in [0.4, 0.5) is 11.6 Å². The van der Waals surface area contributed by atoms with Crippen LogP contribution in [0.3, 0.4) is 0 Å². The summed E-state index contributed by atoms with van der Waals surface area (Å²) in [5.74, 6) is 1.09. The smallest absolute Gasteiger partial charge is 0.258 e. The minimum absolute atomic E-state index is 0.0335. The van der Waals surface area contributed by atoms with Gasteiger partial charge in [0.25, 0.3) is 5.91 Å². The molecule has 2 aromatic rings. The van der Waals surface area contributed by atoms with Crippen molar-refractivity contribution >= 4 is 17.5 Å². The summed E-state index contributed by atoms with van der Waals surface area (Å²) < 4.78 is 5.72. The van der Waals surface area contributed by atoms with Gasteiger partial charge in [0, 0.05) is 25.5 Å². The Hall–Kier alpha value is -2.63. The summed E-state index contributed by atoms with van der Waals surface area (Å²) in [7, 11) is 0. The first-order valence-corrected chi connectivity index (χ1v) is 8.27. The summed E-state index contributed by atoms with van der Waals surface area (Å²) in [6.45, 7) is 5.85. The lowest BCUT2D eigenvalue weighted by atomic mass is 10.2. The normalized spacial score (nSPS) is 14.0. The molecule has 0 aliphatic carbocycles. The van der Waals surface area contributed by atoms with Crippen molar-refractivity contribution < 1.29 is 9.53 Å². The molecule has 6 nitrogen and oxygen atoms in total. The Labute approximate surface area is 141 Å². The van der Waals surface area contributed by atoms with Crippen molar-refractivity contribution in [1.82, 2.24) is 9.97 Å². The van der Waals surface area contributed by atoms with E-state index < -0.39 is 0 Å². The lowest BCUT2D eigenvalue weighted by Gasteiger charge is -2.16. The molecule has 0 bridgehead atoms. The largest absolute Gasteiger partial charge is 0.489 e. The number of anilines is 2. The Balaban J connectivity index is 1.71. The van der Waals surface area contributed by atoms with Gasteiger partial charge in [0.2, 0.25) is 5.95 Å². The van der Waals surface area contributed by atoms with E-state index in [9.17, 15) is 4.79 Å². The maximum atomic E-state index is 12.4. The number of carbonyl (C=O) groups is 1. The molecule has 1 amide bonds. The molecular formula is C18H22N4O2. The predicted octanol–water partition coefficient (Wildman–Crippen LogP) is 3.12. The Morgan fingerprint density at radius 1 is 1.17 bits per heavy atom. The minimum atomic E-state index is -0.247. The number of amides is 1. The number of carbonyl (C=O) groups excluding carboxylic acids is 1. The van der Waals surface area contributed by atoms with Crippen molar-refractivity contribution in [1.29, 1.82) is 0 Å². The number of rotatable bonds is 5. The van der Waals surface area contributed by atoms with Gasteiger partial charge in [-0.2, -0.15) is 0 Å². The zero-order valence-corrected chi connectivity index (χ0v) is 14.0. The first-order chi connectivity index (χ1) is 11.6. The SMILES string of the molecule is CC(C)Oc1ccccc1NC(=O)c1cnc(N2CCCC2)nc1. The highest BCUT2D eigenvalue weighted by Crippen LogP contribution is 2.25. The fourth-order valence-corrected chi connectivity index (χ4v) is 2.64. The van der Waals surface area contributed by atoms with Gasteiger partial charge in [-0.15, -0.1) is 0 Å². The maximum absolute atomic E-state index is 12.4. The second-order valence-corrected chi connectivity index (χ2v) is 6.08. The Kier molecular flexibility index (Phi) is 4.93. The molecule has 1 aliphatic rings. The summed E-state index contributed by atoms with van der Waals surface area (Å²) >= 11 is 0. The van der Waals surface area contributed by atoms with Crippen molar-refractivity contribution in [3.05, 3.63) is 42.2 Å². The summed E-state index contributed by atoms with van der Waals surface area (Å²) in [5, 5.41) is 2.86. The lowest BCUT2D eigenvalue weighted by molar-refractivity contribution is 0.102. The van der Waals surface area contributed by atoms with Crippen LogP contribution >= 0.6 is 0 Å². The molecule has 1 aromatic carbocycles. The van der Waals surface area contributed by atoms with Crippen LogP contribution < -0.4 is 15.0 Å². The third-order valence-electron chi connectivity index (χ3n) is 3.79. The van der Waals surface area contributed by atoms with Gasteiger partial charge in [-0.25, -0.2) is 9.97 Å². The average Bonchev–Trinajstić information content (AvgIpc) is 3.11. The quantitative estimate of drug-likeness (QED) is 0.914. The van der Waals surface area contributed by atoms with Gasteiger partial charge in [-0.1, -0.05) is 12.1 Å². The van der Waals surface area contributed by atoms with Gasteiger partial charge < -0.3 is 15.0 Å². The molecule has 0 unspecified atom stereocenters. The number of nitrogens with zero attached hydrogens (tertiary/aromatic N) is 3. The van der Waals surface area contributed by atoms with Gasteiger partial charge in [0.1, 0.15) is 5.75 Å². The minimum Gasteiger partial charge on any atom is -0.489 e. The van der Waals surface area contributed by atoms with E-state index in [1.807, 2.05) is 38.1 Å². The Morgan fingerprint density at radius 3 is 2.50 bits per heavy atom. The first-order valence-electron chi connectivity index (χ1n) is 8.27. The van der Waals surface area contributed by atoms with E-state index in [1.54, 1.807) is 12.4 Å². The summed E-state index contributed by atoms with van der Waals surface area (Å²) in [4.78, 5) is 23.2. The van der Waals surface area contributed by atoms with Crippen molar-refractivity contribution in [2.75, 3.05) is 23.3 Å². The molecule has 0 atom stereocenters. The molecule has 1 N–H and O–H groups in total. The molecule has 126 valence electrons. The Bertz CT molecular complexity index is 694. The van der Waals surface area contributed by atoms with E-state index in [2.05, 4.69) is 20.2 Å². The number of aromatic nitrogens is 2. The maximum Gasteiger partial charge on any atom is 0.258 e. The number of para-hydroxylation sites is 2. The van der Waals surface area contributed by atoms with Gasteiger partial charge in [0.15, 0.2) is 0 Å². The van der Waals surface area contributed by atoms with Crippen LogP contribution in [0.15, 0.2) is 36.7 Å². The zero-order chi connectivity index (χ0) is 16.9. The van der Waals surface area contributed by atoms with Crippen LogP contribution in [-0.4, -0.2) is 35.1 Å². The second kappa shape index (κ2) is 7.29. The Morgan fingerprint density at radius 2 is 1.83 bits per heavy atom. The molecule has 3 rings (SSSR count). The van der Waals surface area contributed by atoms with Crippen LogP contribution in [-0.2, 0) is 0 Å². The standard InChI is InChI=1S/C18H22N4O2/c1-13(2)24-16-8-4-3-7-15(16)21-17(23)14-11-19-18(20-12-14)22-9-5-6-10-22/h3-4,7-8,11-13H,5-6,9-10H2,1-2H3,(H,21,23). The van der Waals surface area contributed by atoms with Crippen molar-refractivity contribution in [3.8, 4) is 5.75 Å². The molecule has 24 heavy (non-hydrogen) atoms. The van der Waals surface area contributed by atoms with Gasteiger partial charge >= 0.3 is 0 Å². The second-order valence-electron chi connectivity index (χ2n) is 6.08. The molecule has 1 aliphatic heterocycles. The van der Waals surface area contributed by atoms with E-state index in [0.717, 1.165) is 25.9 Å². The molecule has 2 heterocycles. The lowest BCUT2D eigenvalue weighted by Crippen LogP contribution is -2.21. The van der Waals surface area contributed by atoms with E-state index in [1.165, 1.54) is 0 Å². The highest BCUT2D eigenvalue weighted by atomic mass is 16.5. The molecule has 1 fully saturated rings. The van der Waals surface area contributed by atoms with Crippen LogP contribution in [0.5, 0.6) is 5.75 Å². The molecule has 6 heteroatoms. The average molecular weight is 326 g/mol. The zero-order valence-electron chi connectivity index (χ0n) is 14.0. The van der Waals surface area contributed by atoms with Crippen LogP contribution in [0, 0.1) is 0 Å². The monoisotopic (exact) mass is 326 g/mol. The highest BCUT2D eigenvalue weighted by Gasteiger charge is 2.16. The molecule has 0 saturated carbocycles. The molecule has 1 aromatic heterocycles. The topological polar surface area (TPSA) is 67.3 Å². The highest BCUT2D eigenvalue weighted by molar-refractivity contribution is 6.04. The third-order valence-corrected chi connectivity index (χ3v) is 3.79. The van der Waals surface area contributed by atoms with Crippen LogP contribution in [0.1, 0.15) is 37.0 Å². The van der Waals surface area contributed by atoms with Crippen LogP contribution in [0.25, 0.3) is 0 Å². The number of benzene rings is 1. The summed E-state index contributed by atoms with van der Waals surface area (Å²) in [6, 6.07) is 7.38. The first kappa shape index (κ1) is 16.2. The van der Waals surface area contributed by atoms with E-state index in [4.69, 9.17) is 4.74 Å². The van der Waals surface area contributed by atoms with E-state index in [-0.39, 0.29) is 12.0 Å². The molecule has 1 saturated heterocycles. The molecular weight excluding hydrogens is 304 g/mol. The van der Waals surface area contributed by atoms with Crippen LogP contribution in [0.2, 0.25) is 0 Å². The number of nitrogens with one attached hydrogen (secondary N) is 1. The van der Waals surface area contributed by atoms with E-state index in [0.29, 0.717) is 22.9 Å². The summed E-state index contributed by atoms with van der Waals surface area (Å²) in [6.07, 6.45) is 5.51. The summed E-state index contributed by atoms with van der Waals surface area (Å²) in [5.41, 5.74) is 1.07. The van der Waals surface area contributed by atoms with Crippen molar-refractivity contribution in [2.24, 2.45) is 0 Å². The predicted molar refractivity (Wildman–Crippen MR) is 93.6 cm³/mol. The van der Waals surface area contributed by atoms with Crippen molar-refractivity contribution in [2.45, 2.75) is 32.8 Å². The van der Waals surface area contributed by atoms with Gasteiger partial charge in [0.05, 0.1) is 17.4 Å². The number of hydrogen-bond acceptors (Lipinski definition) is 5. The molecule has 0 radical (unpaired) electrons. The third kappa shape index (κ3) is 3.82. The van der Waals surface area contributed by atoms with E-state index >= 15 is 0 Å². The van der Waals surface area contributed by atoms with Gasteiger partial charge in [-0.3, -0.25) is 4.79 Å². The number of ether oxygens (including phenoxy) is 1.